The van der Waals surface area contributed by atoms with Gasteiger partial charge >= 0.3 is 0 Å². The molecule has 2 fully saturated rings. The molecule has 2 heterocycles. The number of rotatable bonds is 5. The first-order valence-electron chi connectivity index (χ1n) is 10.3. The summed E-state index contributed by atoms with van der Waals surface area (Å²) in [6, 6.07) is 6.03. The van der Waals surface area contributed by atoms with E-state index in [1.165, 1.54) is 16.8 Å². The van der Waals surface area contributed by atoms with Crippen LogP contribution >= 0.6 is 0 Å². The second kappa shape index (κ2) is 8.41. The molecule has 1 aromatic carbocycles. The second-order valence-corrected chi connectivity index (χ2v) is 10.3. The van der Waals surface area contributed by atoms with Crippen molar-refractivity contribution in [2.45, 2.75) is 46.2 Å². The van der Waals surface area contributed by atoms with Crippen molar-refractivity contribution in [3.05, 3.63) is 29.3 Å². The van der Waals surface area contributed by atoms with Gasteiger partial charge in [-0.1, -0.05) is 12.1 Å². The van der Waals surface area contributed by atoms with Crippen LogP contribution in [0.25, 0.3) is 0 Å². The van der Waals surface area contributed by atoms with Crippen molar-refractivity contribution >= 4 is 21.4 Å². The van der Waals surface area contributed by atoms with E-state index in [2.05, 4.69) is 41.8 Å². The minimum Gasteiger partial charge on any atom is -0.369 e. The topological polar surface area (TPSA) is 60.9 Å². The molecule has 0 aromatic heterocycles. The van der Waals surface area contributed by atoms with Crippen molar-refractivity contribution < 1.29 is 13.2 Å². The Kier molecular flexibility index (Phi) is 6.34. The highest BCUT2D eigenvalue weighted by molar-refractivity contribution is 7.91. The summed E-state index contributed by atoms with van der Waals surface area (Å²) in [6.07, 6.45) is 0.565. The molecule has 1 aromatic rings. The molecule has 0 saturated carbocycles. The number of anilines is 1. The second-order valence-electron chi connectivity index (χ2n) is 8.10. The zero-order valence-electron chi connectivity index (χ0n) is 17.5. The van der Waals surface area contributed by atoms with E-state index in [4.69, 9.17) is 0 Å². The molecule has 0 bridgehead atoms. The van der Waals surface area contributed by atoms with Crippen molar-refractivity contribution in [1.29, 1.82) is 0 Å². The number of carbonyl (C=O) groups excluding carboxylic acids is 1. The van der Waals surface area contributed by atoms with Crippen molar-refractivity contribution in [2.75, 3.05) is 49.1 Å². The zero-order chi connectivity index (χ0) is 20.5. The number of aryl methyl sites for hydroxylation is 1. The van der Waals surface area contributed by atoms with E-state index >= 15 is 0 Å². The molecular weight excluding hydrogens is 374 g/mol. The summed E-state index contributed by atoms with van der Waals surface area (Å²) in [5.74, 6) is 0.370. The molecule has 28 heavy (non-hydrogen) atoms. The first-order valence-corrected chi connectivity index (χ1v) is 12.1. The van der Waals surface area contributed by atoms with E-state index in [0.29, 0.717) is 13.0 Å². The molecule has 0 aliphatic carbocycles. The fourth-order valence-electron chi connectivity index (χ4n) is 4.44. The maximum absolute atomic E-state index is 13.1. The summed E-state index contributed by atoms with van der Waals surface area (Å²) in [5, 5.41) is 0. The number of hydrogen-bond donors (Lipinski definition) is 0. The fourth-order valence-corrected chi connectivity index (χ4v) is 6.17. The van der Waals surface area contributed by atoms with Gasteiger partial charge in [0.15, 0.2) is 9.84 Å². The van der Waals surface area contributed by atoms with E-state index < -0.39 is 9.84 Å². The van der Waals surface area contributed by atoms with Crippen LogP contribution in [0.15, 0.2) is 18.2 Å². The Morgan fingerprint density at radius 3 is 2.46 bits per heavy atom. The lowest BCUT2D eigenvalue weighted by atomic mass is 10.1. The highest BCUT2D eigenvalue weighted by Gasteiger charge is 2.37. The number of nitrogens with zero attached hydrogens (tertiary/aromatic N) is 3. The average Bonchev–Trinajstić information content (AvgIpc) is 3.03. The largest absolute Gasteiger partial charge is 0.369 e. The minimum absolute atomic E-state index is 0.0600. The molecule has 156 valence electrons. The lowest BCUT2D eigenvalue weighted by Crippen LogP contribution is -2.56. The maximum atomic E-state index is 13.1. The molecule has 0 unspecified atom stereocenters. The standard InChI is InChI=1S/C21H33N3O3S/c1-5-24(19-9-14-28(26,27)15-19)21(25)18(4)22-10-12-23(13-11-22)20-8-6-7-16(2)17(20)3/h6-8,18-19H,5,9-15H2,1-4H3/t18-,19-/m1/s1. The molecule has 2 saturated heterocycles. The van der Waals surface area contributed by atoms with Crippen LogP contribution in [0.4, 0.5) is 5.69 Å². The Labute approximate surface area is 169 Å². The molecule has 2 aliphatic heterocycles. The molecule has 6 nitrogen and oxygen atoms in total. The Hall–Kier alpha value is -1.60. The Morgan fingerprint density at radius 1 is 1.21 bits per heavy atom. The SMILES string of the molecule is CCN(C(=O)[C@@H](C)N1CCN(c2cccc(C)c2C)CC1)[C@@H]1CCS(=O)(=O)C1. The van der Waals surface area contributed by atoms with Gasteiger partial charge in [0.05, 0.1) is 17.5 Å². The van der Waals surface area contributed by atoms with Gasteiger partial charge in [-0.05, 0) is 51.3 Å². The van der Waals surface area contributed by atoms with Crippen LogP contribution < -0.4 is 4.90 Å². The van der Waals surface area contributed by atoms with Gasteiger partial charge in [-0.25, -0.2) is 8.42 Å². The first-order chi connectivity index (χ1) is 13.2. The molecular formula is C21H33N3O3S. The van der Waals surface area contributed by atoms with E-state index in [1.54, 1.807) is 4.90 Å². The van der Waals surface area contributed by atoms with Crippen LogP contribution in [0.2, 0.25) is 0 Å². The zero-order valence-corrected chi connectivity index (χ0v) is 18.3. The van der Waals surface area contributed by atoms with Gasteiger partial charge in [-0.15, -0.1) is 0 Å². The van der Waals surface area contributed by atoms with Crippen molar-refractivity contribution in [1.82, 2.24) is 9.80 Å². The van der Waals surface area contributed by atoms with Crippen LogP contribution in [0.1, 0.15) is 31.4 Å². The van der Waals surface area contributed by atoms with E-state index in [9.17, 15) is 13.2 Å². The Balaban J connectivity index is 1.62. The van der Waals surface area contributed by atoms with Gasteiger partial charge in [-0.2, -0.15) is 0 Å². The van der Waals surface area contributed by atoms with Crippen LogP contribution in [0.5, 0.6) is 0 Å². The monoisotopic (exact) mass is 407 g/mol. The predicted octanol–water partition coefficient (Wildman–Crippen LogP) is 1.85. The Morgan fingerprint density at radius 2 is 1.89 bits per heavy atom. The normalized spacial score (nSPS) is 23.6. The molecule has 0 spiro atoms. The van der Waals surface area contributed by atoms with Crippen molar-refractivity contribution in [2.24, 2.45) is 0 Å². The van der Waals surface area contributed by atoms with E-state index in [0.717, 1.165) is 26.2 Å². The molecule has 0 N–H and O–H groups in total. The van der Waals surface area contributed by atoms with Crippen molar-refractivity contribution in [3.8, 4) is 0 Å². The maximum Gasteiger partial charge on any atom is 0.239 e. The lowest BCUT2D eigenvalue weighted by molar-refractivity contribution is -0.138. The smallest absolute Gasteiger partial charge is 0.239 e. The molecule has 2 aliphatic rings. The highest BCUT2D eigenvalue weighted by atomic mass is 32.2. The summed E-state index contributed by atoms with van der Waals surface area (Å²) in [4.78, 5) is 19.5. The third-order valence-electron chi connectivity index (χ3n) is 6.41. The first kappa shape index (κ1) is 21.1. The molecule has 7 heteroatoms. The van der Waals surface area contributed by atoms with Gasteiger partial charge in [-0.3, -0.25) is 9.69 Å². The van der Waals surface area contributed by atoms with Crippen LogP contribution in [0, 0.1) is 13.8 Å². The van der Waals surface area contributed by atoms with Gasteiger partial charge in [0, 0.05) is 44.5 Å². The number of likely N-dealkylation sites (N-methyl/N-ethyl adjacent to an activating group) is 1. The number of hydrogen-bond acceptors (Lipinski definition) is 5. The molecule has 2 atom stereocenters. The summed E-state index contributed by atoms with van der Waals surface area (Å²) < 4.78 is 23.6. The number of sulfone groups is 1. The summed E-state index contributed by atoms with van der Waals surface area (Å²) in [7, 11) is -2.99. The van der Waals surface area contributed by atoms with Crippen molar-refractivity contribution in [3.63, 3.8) is 0 Å². The average molecular weight is 408 g/mol. The Bertz CT molecular complexity index is 816. The molecule has 3 rings (SSSR count). The minimum atomic E-state index is -2.99. The van der Waals surface area contributed by atoms with Crippen LogP contribution in [0.3, 0.4) is 0 Å². The van der Waals surface area contributed by atoms with E-state index in [1.807, 2.05) is 13.8 Å². The highest BCUT2D eigenvalue weighted by Crippen LogP contribution is 2.25. The van der Waals surface area contributed by atoms with Crippen LogP contribution in [-0.2, 0) is 14.6 Å². The van der Waals surface area contributed by atoms with Gasteiger partial charge < -0.3 is 9.80 Å². The molecule has 0 radical (unpaired) electrons. The third kappa shape index (κ3) is 4.35. The summed E-state index contributed by atoms with van der Waals surface area (Å²) in [6.45, 7) is 12.2. The van der Waals surface area contributed by atoms with Gasteiger partial charge in [0.1, 0.15) is 0 Å². The fraction of sp³-hybridized carbons (Fsp3) is 0.667. The number of carbonyl (C=O) groups is 1. The summed E-state index contributed by atoms with van der Waals surface area (Å²) >= 11 is 0. The number of piperazine rings is 1. The summed E-state index contributed by atoms with van der Waals surface area (Å²) in [5.41, 5.74) is 3.90. The number of benzene rings is 1. The van der Waals surface area contributed by atoms with Gasteiger partial charge in [0.25, 0.3) is 0 Å². The third-order valence-corrected chi connectivity index (χ3v) is 8.16. The number of amides is 1. The lowest BCUT2D eigenvalue weighted by Gasteiger charge is -2.41. The van der Waals surface area contributed by atoms with Gasteiger partial charge in [0.2, 0.25) is 5.91 Å². The molecule has 1 amide bonds. The van der Waals surface area contributed by atoms with E-state index in [-0.39, 0.29) is 29.5 Å². The van der Waals surface area contributed by atoms with Crippen LogP contribution in [-0.4, -0.2) is 80.4 Å². The quantitative estimate of drug-likeness (QED) is 0.746. The predicted molar refractivity (Wildman–Crippen MR) is 114 cm³/mol.